The fourth-order valence-electron chi connectivity index (χ4n) is 3.52. The van der Waals surface area contributed by atoms with Crippen LogP contribution in [-0.2, 0) is 10.0 Å². The first-order valence-corrected chi connectivity index (χ1v) is 11.4. The fraction of sp³-hybridized carbons (Fsp3) is 0.333. The van der Waals surface area contributed by atoms with E-state index in [4.69, 9.17) is 16.1 Å². The molecule has 2 aromatic carbocycles. The molecule has 0 spiro atoms. The van der Waals surface area contributed by atoms with E-state index in [1.807, 2.05) is 12.1 Å². The average molecular weight is 432 g/mol. The lowest BCUT2D eigenvalue weighted by atomic mass is 10.0. The Morgan fingerprint density at radius 1 is 1.10 bits per heavy atom. The maximum absolute atomic E-state index is 13.2. The molecule has 2 heterocycles. The quantitative estimate of drug-likeness (QED) is 0.565. The van der Waals surface area contributed by atoms with Gasteiger partial charge in [-0.1, -0.05) is 42.7 Å². The molecule has 1 aliphatic heterocycles. The Kier molecular flexibility index (Phi) is 5.46. The predicted molar refractivity (Wildman–Crippen MR) is 111 cm³/mol. The van der Waals surface area contributed by atoms with E-state index in [9.17, 15) is 8.42 Å². The lowest BCUT2D eigenvalue weighted by molar-refractivity contribution is 0.290. The van der Waals surface area contributed by atoms with E-state index in [-0.39, 0.29) is 4.90 Å². The molecule has 4 rings (SSSR count). The van der Waals surface area contributed by atoms with Gasteiger partial charge in [0.15, 0.2) is 0 Å². The average Bonchev–Trinajstić information content (AvgIpc) is 3.38. The third kappa shape index (κ3) is 3.95. The summed E-state index contributed by atoms with van der Waals surface area (Å²) in [4.78, 5) is 4.74. The third-order valence-electron chi connectivity index (χ3n) is 5.19. The fourth-order valence-corrected chi connectivity index (χ4v) is 5.30. The minimum Gasteiger partial charge on any atom is -0.337 e. The lowest BCUT2D eigenvalue weighted by Gasteiger charge is -2.21. The van der Waals surface area contributed by atoms with E-state index in [1.54, 1.807) is 36.4 Å². The molecule has 0 amide bonds. The number of halogens is 1. The van der Waals surface area contributed by atoms with Gasteiger partial charge in [0.25, 0.3) is 0 Å². The van der Waals surface area contributed by atoms with E-state index in [1.165, 1.54) is 4.31 Å². The number of aromatic nitrogens is 2. The second kappa shape index (κ2) is 7.89. The molecule has 1 saturated heterocycles. The van der Waals surface area contributed by atoms with E-state index in [2.05, 4.69) is 24.0 Å². The Balaban J connectivity index is 1.61. The van der Waals surface area contributed by atoms with Gasteiger partial charge in [-0.25, -0.2) is 8.42 Å². The van der Waals surface area contributed by atoms with Gasteiger partial charge in [-0.2, -0.15) is 9.29 Å². The van der Waals surface area contributed by atoms with E-state index in [0.29, 0.717) is 35.6 Å². The number of sulfonamides is 1. The molecule has 0 radical (unpaired) electrons. The Hall–Kier alpha value is -2.22. The Labute approximate surface area is 175 Å². The highest BCUT2D eigenvalue weighted by Gasteiger charge is 2.39. The summed E-state index contributed by atoms with van der Waals surface area (Å²) in [7, 11) is -3.65. The summed E-state index contributed by atoms with van der Waals surface area (Å²) in [6, 6.07) is 13.7. The molecule has 0 saturated carbocycles. The van der Waals surface area contributed by atoms with E-state index >= 15 is 0 Å². The Morgan fingerprint density at radius 3 is 2.45 bits per heavy atom. The Bertz CT molecular complexity index is 1090. The van der Waals surface area contributed by atoms with Crippen LogP contribution in [0.2, 0.25) is 5.02 Å². The third-order valence-corrected chi connectivity index (χ3v) is 7.36. The van der Waals surface area contributed by atoms with Gasteiger partial charge in [-0.05, 0) is 60.7 Å². The van der Waals surface area contributed by atoms with Crippen molar-refractivity contribution >= 4 is 21.6 Å². The van der Waals surface area contributed by atoms with Crippen molar-refractivity contribution in [1.82, 2.24) is 14.4 Å². The monoisotopic (exact) mass is 431 g/mol. The predicted octanol–water partition coefficient (Wildman–Crippen LogP) is 5.04. The van der Waals surface area contributed by atoms with Gasteiger partial charge in [-0.3, -0.25) is 0 Å². The van der Waals surface area contributed by atoms with Gasteiger partial charge in [0, 0.05) is 17.1 Å². The summed E-state index contributed by atoms with van der Waals surface area (Å²) in [5.41, 5.74) is 1.87. The maximum Gasteiger partial charge on any atom is 0.245 e. The summed E-state index contributed by atoms with van der Waals surface area (Å²) in [6.45, 7) is 4.58. The van der Waals surface area contributed by atoms with Crippen LogP contribution in [0.3, 0.4) is 0 Å². The second-order valence-electron chi connectivity index (χ2n) is 7.46. The van der Waals surface area contributed by atoms with Crippen LogP contribution >= 0.6 is 11.6 Å². The van der Waals surface area contributed by atoms with Gasteiger partial charge in [0.05, 0.1) is 4.90 Å². The van der Waals surface area contributed by atoms with Crippen molar-refractivity contribution in [2.75, 3.05) is 6.54 Å². The molecule has 1 aromatic heterocycles. The molecule has 152 valence electrons. The Morgan fingerprint density at radius 2 is 1.79 bits per heavy atom. The van der Waals surface area contributed by atoms with Crippen LogP contribution in [0, 0.1) is 0 Å². The number of benzene rings is 2. The van der Waals surface area contributed by atoms with Gasteiger partial charge < -0.3 is 4.52 Å². The van der Waals surface area contributed by atoms with Crippen molar-refractivity contribution in [2.45, 2.75) is 43.5 Å². The number of rotatable bonds is 5. The largest absolute Gasteiger partial charge is 0.337 e. The standard InChI is InChI=1S/C21H22ClN3O3S/c1-14(2)15-7-11-18(12-8-15)29(26,27)25-13-3-4-19(25)21-23-20(24-28-21)16-5-9-17(22)10-6-16/h5-12,14,19H,3-4,13H2,1-2H3/t19-/m0/s1. The SMILES string of the molecule is CC(C)c1ccc(S(=O)(=O)N2CCC[C@H]2c2nc(-c3ccc(Cl)cc3)no2)cc1. The van der Waals surface area contributed by atoms with Crippen LogP contribution in [0.15, 0.2) is 57.9 Å². The zero-order chi connectivity index (χ0) is 20.6. The van der Waals surface area contributed by atoms with E-state index in [0.717, 1.165) is 17.5 Å². The topological polar surface area (TPSA) is 76.3 Å². The summed E-state index contributed by atoms with van der Waals surface area (Å²) in [5.74, 6) is 1.08. The highest BCUT2D eigenvalue weighted by Crippen LogP contribution is 2.36. The first kappa shape index (κ1) is 20.1. The van der Waals surface area contributed by atoms with Gasteiger partial charge in [0.1, 0.15) is 6.04 Å². The smallest absolute Gasteiger partial charge is 0.245 e. The zero-order valence-corrected chi connectivity index (χ0v) is 17.8. The van der Waals surface area contributed by atoms with Crippen LogP contribution in [-0.4, -0.2) is 29.4 Å². The van der Waals surface area contributed by atoms with Gasteiger partial charge >= 0.3 is 0 Å². The first-order valence-electron chi connectivity index (χ1n) is 9.57. The molecule has 29 heavy (non-hydrogen) atoms. The van der Waals surface area contributed by atoms with Crippen LogP contribution < -0.4 is 0 Å². The van der Waals surface area contributed by atoms with Gasteiger partial charge in [-0.15, -0.1) is 0 Å². The van der Waals surface area contributed by atoms with Crippen LogP contribution in [0.1, 0.15) is 50.1 Å². The van der Waals surface area contributed by atoms with Crippen molar-refractivity contribution in [1.29, 1.82) is 0 Å². The van der Waals surface area contributed by atoms with Crippen LogP contribution in [0.25, 0.3) is 11.4 Å². The molecule has 1 aliphatic rings. The molecule has 1 atom stereocenters. The normalized spacial score (nSPS) is 17.9. The molecule has 0 aliphatic carbocycles. The molecular weight excluding hydrogens is 410 g/mol. The minimum absolute atomic E-state index is 0.284. The highest BCUT2D eigenvalue weighted by atomic mass is 35.5. The van der Waals surface area contributed by atoms with Crippen LogP contribution in [0.4, 0.5) is 0 Å². The molecule has 0 N–H and O–H groups in total. The molecule has 1 fully saturated rings. The number of hydrogen-bond donors (Lipinski definition) is 0. The van der Waals surface area contributed by atoms with Crippen molar-refractivity contribution in [3.63, 3.8) is 0 Å². The molecule has 8 heteroatoms. The molecular formula is C21H22ClN3O3S. The lowest BCUT2D eigenvalue weighted by Crippen LogP contribution is -2.30. The maximum atomic E-state index is 13.2. The first-order chi connectivity index (χ1) is 13.9. The highest BCUT2D eigenvalue weighted by molar-refractivity contribution is 7.89. The van der Waals surface area contributed by atoms with Crippen molar-refractivity contribution in [3.8, 4) is 11.4 Å². The van der Waals surface area contributed by atoms with Crippen LogP contribution in [0.5, 0.6) is 0 Å². The van der Waals surface area contributed by atoms with Crippen molar-refractivity contribution in [3.05, 3.63) is 65.0 Å². The number of nitrogens with zero attached hydrogens (tertiary/aromatic N) is 3. The summed E-state index contributed by atoms with van der Waals surface area (Å²) in [6.07, 6.45) is 1.39. The molecule has 6 nitrogen and oxygen atoms in total. The second-order valence-corrected chi connectivity index (χ2v) is 9.79. The van der Waals surface area contributed by atoms with Gasteiger partial charge in [0.2, 0.25) is 21.7 Å². The summed E-state index contributed by atoms with van der Waals surface area (Å²) >= 11 is 5.92. The number of hydrogen-bond acceptors (Lipinski definition) is 5. The van der Waals surface area contributed by atoms with Crippen molar-refractivity contribution < 1.29 is 12.9 Å². The summed E-state index contributed by atoms with van der Waals surface area (Å²) in [5, 5.41) is 4.65. The molecule has 0 unspecified atom stereocenters. The van der Waals surface area contributed by atoms with E-state index < -0.39 is 16.1 Å². The summed E-state index contributed by atoms with van der Waals surface area (Å²) < 4.78 is 33.4. The van der Waals surface area contributed by atoms with Crippen molar-refractivity contribution in [2.24, 2.45) is 0 Å². The molecule has 3 aromatic rings. The minimum atomic E-state index is -3.65. The zero-order valence-electron chi connectivity index (χ0n) is 16.2. The molecule has 0 bridgehead atoms.